The number of rotatable bonds is 3. The average molecular weight is 297 g/mol. The van der Waals surface area contributed by atoms with Gasteiger partial charge in [-0.05, 0) is 31.0 Å². The fourth-order valence-electron chi connectivity index (χ4n) is 1.49. The quantitative estimate of drug-likeness (QED) is 0.944. The maximum absolute atomic E-state index is 9.62. The third-order valence-electron chi connectivity index (χ3n) is 2.56. The van der Waals surface area contributed by atoms with Gasteiger partial charge in [-0.25, -0.2) is 0 Å². The Hall–Kier alpha value is -1.20. The second-order valence-electron chi connectivity index (χ2n) is 3.84. The van der Waals surface area contributed by atoms with Crippen molar-refractivity contribution in [2.45, 2.75) is 26.4 Å². The normalized spacial score (nSPS) is 12.7. The highest BCUT2D eigenvalue weighted by molar-refractivity contribution is 9.10. The minimum Gasteiger partial charge on any atom is -0.385 e. The summed E-state index contributed by atoms with van der Waals surface area (Å²) in [6.45, 7) is 3.84. The van der Waals surface area contributed by atoms with E-state index in [1.807, 2.05) is 32.0 Å². The Balaban J connectivity index is 2.40. The number of nitrogens with zero attached hydrogens (tertiary/aromatic N) is 2. The van der Waals surface area contributed by atoms with E-state index in [4.69, 9.17) is 4.52 Å². The van der Waals surface area contributed by atoms with Crippen molar-refractivity contribution in [1.29, 1.82) is 0 Å². The molecule has 0 saturated carbocycles. The minimum atomic E-state index is -0.667. The highest BCUT2D eigenvalue weighted by atomic mass is 79.9. The Kier molecular flexibility index (Phi) is 3.59. The molecular formula is C12H13BrN2O2. The first kappa shape index (κ1) is 12.3. The zero-order valence-electron chi connectivity index (χ0n) is 9.64. The number of halogens is 1. The Morgan fingerprint density at radius 3 is 2.94 bits per heavy atom. The number of aliphatic hydroxyl groups excluding tert-OH is 1. The Bertz CT molecular complexity index is 525. The molecule has 1 N–H and O–H groups in total. The second kappa shape index (κ2) is 4.98. The summed E-state index contributed by atoms with van der Waals surface area (Å²) in [5.41, 5.74) is 1.93. The number of benzene rings is 1. The van der Waals surface area contributed by atoms with Crippen LogP contribution in [0.1, 0.15) is 30.8 Å². The van der Waals surface area contributed by atoms with Crippen molar-refractivity contribution >= 4 is 15.9 Å². The van der Waals surface area contributed by atoms with Gasteiger partial charge in [0, 0.05) is 10.0 Å². The van der Waals surface area contributed by atoms with Crippen molar-refractivity contribution in [3.05, 3.63) is 34.1 Å². The molecule has 0 saturated heterocycles. The van der Waals surface area contributed by atoms with E-state index in [0.717, 1.165) is 15.6 Å². The molecule has 0 bridgehead atoms. The van der Waals surface area contributed by atoms with Crippen molar-refractivity contribution in [2.75, 3.05) is 0 Å². The topological polar surface area (TPSA) is 59.2 Å². The third kappa shape index (κ3) is 2.56. The smallest absolute Gasteiger partial charge is 0.258 e. The predicted molar refractivity (Wildman–Crippen MR) is 67.4 cm³/mol. The summed E-state index contributed by atoms with van der Waals surface area (Å²) in [6, 6.07) is 5.85. The summed E-state index contributed by atoms with van der Waals surface area (Å²) < 4.78 is 6.12. The highest BCUT2D eigenvalue weighted by Crippen LogP contribution is 2.26. The average Bonchev–Trinajstić information content (AvgIpc) is 2.80. The van der Waals surface area contributed by atoms with E-state index in [-0.39, 0.29) is 0 Å². The van der Waals surface area contributed by atoms with E-state index in [1.165, 1.54) is 0 Å². The molecule has 1 heterocycles. The molecular weight excluding hydrogens is 284 g/mol. The third-order valence-corrected chi connectivity index (χ3v) is 3.05. The van der Waals surface area contributed by atoms with Crippen LogP contribution in [-0.2, 0) is 0 Å². The lowest BCUT2D eigenvalue weighted by atomic mass is 10.1. The van der Waals surface area contributed by atoms with Crippen molar-refractivity contribution < 1.29 is 9.63 Å². The summed E-state index contributed by atoms with van der Waals surface area (Å²) >= 11 is 3.40. The van der Waals surface area contributed by atoms with E-state index >= 15 is 0 Å². The Morgan fingerprint density at radius 1 is 1.47 bits per heavy atom. The first-order valence-electron chi connectivity index (χ1n) is 5.40. The van der Waals surface area contributed by atoms with E-state index in [2.05, 4.69) is 26.1 Å². The van der Waals surface area contributed by atoms with E-state index in [1.54, 1.807) is 0 Å². The van der Waals surface area contributed by atoms with Gasteiger partial charge in [-0.15, -0.1) is 0 Å². The summed E-state index contributed by atoms with van der Waals surface area (Å²) in [5.74, 6) is 0.771. The van der Waals surface area contributed by atoms with Crippen LogP contribution in [-0.4, -0.2) is 15.2 Å². The van der Waals surface area contributed by atoms with Crippen LogP contribution in [0.3, 0.4) is 0 Å². The summed E-state index contributed by atoms with van der Waals surface area (Å²) in [5, 5.41) is 13.4. The molecule has 5 heteroatoms. The number of aryl methyl sites for hydroxylation is 1. The highest BCUT2D eigenvalue weighted by Gasteiger charge is 2.16. The van der Waals surface area contributed by atoms with Crippen LogP contribution in [0.4, 0.5) is 0 Å². The molecule has 0 aliphatic heterocycles. The zero-order chi connectivity index (χ0) is 12.4. The largest absolute Gasteiger partial charge is 0.385 e. The van der Waals surface area contributed by atoms with Gasteiger partial charge in [0.2, 0.25) is 5.82 Å². The lowest BCUT2D eigenvalue weighted by Gasteiger charge is -2.01. The molecule has 1 atom stereocenters. The van der Waals surface area contributed by atoms with Crippen LogP contribution in [0.2, 0.25) is 0 Å². The first-order chi connectivity index (χ1) is 8.11. The molecule has 1 unspecified atom stereocenters. The summed E-state index contributed by atoms with van der Waals surface area (Å²) in [7, 11) is 0. The van der Waals surface area contributed by atoms with Gasteiger partial charge in [-0.2, -0.15) is 4.98 Å². The fourth-order valence-corrected chi connectivity index (χ4v) is 1.85. The Labute approximate surface area is 108 Å². The van der Waals surface area contributed by atoms with Crippen LogP contribution in [0.25, 0.3) is 11.5 Å². The standard InChI is InChI=1S/C12H13BrN2O2/c1-3-10(16)11-14-12(17-15-11)9-6-8(13)5-4-7(9)2/h4-6,10,16H,3H2,1-2H3. The molecule has 1 aromatic carbocycles. The minimum absolute atomic E-state index is 0.335. The van der Waals surface area contributed by atoms with Gasteiger partial charge >= 0.3 is 0 Å². The van der Waals surface area contributed by atoms with Crippen LogP contribution in [0.5, 0.6) is 0 Å². The lowest BCUT2D eigenvalue weighted by Crippen LogP contribution is -1.97. The van der Waals surface area contributed by atoms with Gasteiger partial charge in [0.05, 0.1) is 0 Å². The van der Waals surface area contributed by atoms with Crippen molar-refractivity contribution in [3.8, 4) is 11.5 Å². The molecule has 90 valence electrons. The van der Waals surface area contributed by atoms with Gasteiger partial charge in [0.15, 0.2) is 0 Å². The molecule has 0 fully saturated rings. The SMILES string of the molecule is CCC(O)c1noc(-c2cc(Br)ccc2C)n1. The molecule has 2 rings (SSSR count). The van der Waals surface area contributed by atoms with E-state index in [0.29, 0.717) is 18.1 Å². The van der Waals surface area contributed by atoms with Crippen LogP contribution in [0.15, 0.2) is 27.2 Å². The van der Waals surface area contributed by atoms with E-state index < -0.39 is 6.10 Å². The predicted octanol–water partition coefficient (Wildman–Crippen LogP) is 3.25. The maximum Gasteiger partial charge on any atom is 0.258 e. The molecule has 0 spiro atoms. The molecule has 0 amide bonds. The molecule has 4 nitrogen and oxygen atoms in total. The van der Waals surface area contributed by atoms with Gasteiger partial charge in [-0.3, -0.25) is 0 Å². The van der Waals surface area contributed by atoms with Gasteiger partial charge < -0.3 is 9.63 Å². The number of aliphatic hydroxyl groups is 1. The number of aromatic nitrogens is 2. The second-order valence-corrected chi connectivity index (χ2v) is 4.76. The maximum atomic E-state index is 9.62. The zero-order valence-corrected chi connectivity index (χ0v) is 11.2. The monoisotopic (exact) mass is 296 g/mol. The fraction of sp³-hybridized carbons (Fsp3) is 0.333. The van der Waals surface area contributed by atoms with Gasteiger partial charge in [0.1, 0.15) is 6.10 Å². The van der Waals surface area contributed by atoms with Crippen molar-refractivity contribution in [2.24, 2.45) is 0 Å². The molecule has 2 aromatic rings. The summed E-state index contributed by atoms with van der Waals surface area (Å²) in [4.78, 5) is 4.20. The lowest BCUT2D eigenvalue weighted by molar-refractivity contribution is 0.159. The first-order valence-corrected chi connectivity index (χ1v) is 6.19. The van der Waals surface area contributed by atoms with Gasteiger partial charge in [0.25, 0.3) is 5.89 Å². The summed E-state index contributed by atoms with van der Waals surface area (Å²) in [6.07, 6.45) is -0.101. The van der Waals surface area contributed by atoms with E-state index in [9.17, 15) is 5.11 Å². The molecule has 0 radical (unpaired) electrons. The molecule has 0 aliphatic rings. The van der Waals surface area contributed by atoms with Crippen molar-refractivity contribution in [1.82, 2.24) is 10.1 Å². The molecule has 17 heavy (non-hydrogen) atoms. The van der Waals surface area contributed by atoms with Crippen molar-refractivity contribution in [3.63, 3.8) is 0 Å². The number of hydrogen-bond acceptors (Lipinski definition) is 4. The molecule has 1 aromatic heterocycles. The van der Waals surface area contributed by atoms with Crippen LogP contribution in [0, 0.1) is 6.92 Å². The van der Waals surface area contributed by atoms with Gasteiger partial charge in [-0.1, -0.05) is 34.1 Å². The number of hydrogen-bond donors (Lipinski definition) is 1. The Morgan fingerprint density at radius 2 is 2.24 bits per heavy atom. The van der Waals surface area contributed by atoms with Crippen LogP contribution < -0.4 is 0 Å². The molecule has 0 aliphatic carbocycles. The van der Waals surface area contributed by atoms with Crippen LogP contribution >= 0.6 is 15.9 Å².